The molecule has 2 aromatic rings. The molecule has 1 saturated heterocycles. The largest absolute Gasteiger partial charge is 0.486 e. The first-order valence-electron chi connectivity index (χ1n) is 7.79. The lowest BCUT2D eigenvalue weighted by Gasteiger charge is -2.25. The molecule has 1 fully saturated rings. The van der Waals surface area contributed by atoms with Crippen LogP contribution in [0.25, 0.3) is 0 Å². The summed E-state index contributed by atoms with van der Waals surface area (Å²) in [6.45, 7) is 3.47. The Labute approximate surface area is 144 Å². The van der Waals surface area contributed by atoms with Gasteiger partial charge in [0.05, 0.1) is 29.9 Å². The molecular weight excluding hydrogens is 326 g/mol. The Bertz CT molecular complexity index is 766. The Morgan fingerprint density at radius 1 is 1.21 bits per heavy atom. The van der Waals surface area contributed by atoms with Crippen molar-refractivity contribution in [3.63, 3.8) is 0 Å². The van der Waals surface area contributed by atoms with Crippen LogP contribution in [-0.4, -0.2) is 39.7 Å². The van der Waals surface area contributed by atoms with Gasteiger partial charge in [0.25, 0.3) is 0 Å². The summed E-state index contributed by atoms with van der Waals surface area (Å²) in [6.07, 6.45) is 3.45. The van der Waals surface area contributed by atoms with Crippen LogP contribution in [-0.2, 0) is 11.3 Å². The van der Waals surface area contributed by atoms with Crippen LogP contribution in [0.1, 0.15) is 22.3 Å². The molecule has 1 aromatic carbocycles. The predicted molar refractivity (Wildman–Crippen MR) is 90.0 cm³/mol. The summed E-state index contributed by atoms with van der Waals surface area (Å²) in [4.78, 5) is 22.8. The molecule has 6 nitrogen and oxygen atoms in total. The van der Waals surface area contributed by atoms with Crippen molar-refractivity contribution in [2.45, 2.75) is 18.8 Å². The van der Waals surface area contributed by atoms with E-state index in [4.69, 9.17) is 9.47 Å². The van der Waals surface area contributed by atoms with E-state index in [2.05, 4.69) is 9.97 Å². The average Bonchev–Trinajstić information content (AvgIpc) is 2.97. The van der Waals surface area contributed by atoms with Gasteiger partial charge in [-0.2, -0.15) is 0 Å². The van der Waals surface area contributed by atoms with Gasteiger partial charge in [-0.25, -0.2) is 0 Å². The Morgan fingerprint density at radius 2 is 2.04 bits per heavy atom. The van der Waals surface area contributed by atoms with Gasteiger partial charge in [0.2, 0.25) is 5.91 Å². The molecule has 0 bridgehead atoms. The number of carbonyl (C=O) groups excluding carboxylic acids is 1. The van der Waals surface area contributed by atoms with Crippen molar-refractivity contribution in [3.05, 3.63) is 47.5 Å². The molecule has 7 heteroatoms. The number of fused-ring (bicyclic) bond motifs is 1. The van der Waals surface area contributed by atoms with Crippen LogP contribution < -0.4 is 9.47 Å². The summed E-state index contributed by atoms with van der Waals surface area (Å²) in [7, 11) is 0. The summed E-state index contributed by atoms with van der Waals surface area (Å²) >= 11 is 1.62. The number of carbonyl (C=O) groups is 1. The second-order valence-electron chi connectivity index (χ2n) is 5.74. The lowest BCUT2D eigenvalue weighted by Crippen LogP contribution is -2.28. The van der Waals surface area contributed by atoms with E-state index in [0.29, 0.717) is 25.5 Å². The van der Waals surface area contributed by atoms with Gasteiger partial charge in [0, 0.05) is 6.20 Å². The van der Waals surface area contributed by atoms with E-state index in [1.165, 1.54) is 0 Å². The fourth-order valence-electron chi connectivity index (χ4n) is 2.79. The number of ether oxygens (including phenoxy) is 2. The van der Waals surface area contributed by atoms with Gasteiger partial charge in [0.1, 0.15) is 18.6 Å². The number of nitrogens with zero attached hydrogens (tertiary/aromatic N) is 3. The molecule has 0 radical (unpaired) electrons. The molecule has 1 aromatic heterocycles. The molecule has 4 rings (SSSR count). The van der Waals surface area contributed by atoms with Crippen molar-refractivity contribution < 1.29 is 14.3 Å². The molecule has 1 atom stereocenters. The molecule has 24 heavy (non-hydrogen) atoms. The smallest absolute Gasteiger partial charge is 0.234 e. The van der Waals surface area contributed by atoms with Crippen LogP contribution in [0.4, 0.5) is 0 Å². The number of thioether (sulfide) groups is 1. The molecule has 2 aliphatic heterocycles. The third kappa shape index (κ3) is 2.91. The highest BCUT2D eigenvalue weighted by Gasteiger charge is 2.33. The number of aryl methyl sites for hydroxylation is 1. The van der Waals surface area contributed by atoms with Crippen LogP contribution in [0.15, 0.2) is 30.6 Å². The predicted octanol–water partition coefficient (Wildman–Crippen LogP) is 2.33. The van der Waals surface area contributed by atoms with Crippen LogP contribution in [0.5, 0.6) is 11.5 Å². The first kappa shape index (κ1) is 15.3. The highest BCUT2D eigenvalue weighted by Crippen LogP contribution is 2.42. The Balaban J connectivity index is 1.59. The normalized spacial score (nSPS) is 19.6. The fraction of sp³-hybridized carbons (Fsp3) is 0.353. The van der Waals surface area contributed by atoms with Gasteiger partial charge in [-0.3, -0.25) is 14.8 Å². The standard InChI is InChI=1S/C17H17N3O3S/c1-11-7-19-13(8-18-11)9-20-16(21)10-24-17(20)12-2-3-14-15(6-12)23-5-4-22-14/h2-3,6-8,17H,4-5,9-10H2,1H3. The quantitative estimate of drug-likeness (QED) is 0.852. The van der Waals surface area contributed by atoms with E-state index in [1.54, 1.807) is 24.2 Å². The van der Waals surface area contributed by atoms with Gasteiger partial charge >= 0.3 is 0 Å². The summed E-state index contributed by atoms with van der Waals surface area (Å²) in [5.74, 6) is 2.09. The lowest BCUT2D eigenvalue weighted by atomic mass is 10.1. The molecule has 2 aliphatic rings. The van der Waals surface area contributed by atoms with E-state index in [-0.39, 0.29) is 11.3 Å². The maximum atomic E-state index is 12.3. The number of rotatable bonds is 3. The average molecular weight is 343 g/mol. The van der Waals surface area contributed by atoms with Crippen LogP contribution in [0.3, 0.4) is 0 Å². The Morgan fingerprint density at radius 3 is 2.83 bits per heavy atom. The maximum absolute atomic E-state index is 12.3. The van der Waals surface area contributed by atoms with Gasteiger partial charge in [-0.15, -0.1) is 11.8 Å². The number of amides is 1. The number of aromatic nitrogens is 2. The number of hydrogen-bond acceptors (Lipinski definition) is 6. The van der Waals surface area contributed by atoms with E-state index >= 15 is 0 Å². The third-order valence-corrected chi connectivity index (χ3v) is 5.24. The summed E-state index contributed by atoms with van der Waals surface area (Å²) in [5.41, 5.74) is 2.69. The SMILES string of the molecule is Cc1cnc(CN2C(=O)CSC2c2ccc3c(c2)OCCO3)cn1. The Kier molecular flexibility index (Phi) is 4.02. The molecular formula is C17H17N3O3S. The lowest BCUT2D eigenvalue weighted by molar-refractivity contribution is -0.128. The molecule has 0 saturated carbocycles. The molecule has 0 spiro atoms. The van der Waals surface area contributed by atoms with E-state index in [9.17, 15) is 4.79 Å². The van der Waals surface area contributed by atoms with Gasteiger partial charge < -0.3 is 14.4 Å². The molecule has 1 unspecified atom stereocenters. The highest BCUT2D eigenvalue weighted by atomic mass is 32.2. The van der Waals surface area contributed by atoms with Crippen molar-refractivity contribution in [1.29, 1.82) is 0 Å². The fourth-order valence-corrected chi connectivity index (χ4v) is 3.97. The summed E-state index contributed by atoms with van der Waals surface area (Å²) in [5, 5.41) is -0.0450. The highest BCUT2D eigenvalue weighted by molar-refractivity contribution is 8.00. The first-order valence-corrected chi connectivity index (χ1v) is 8.84. The van der Waals surface area contributed by atoms with E-state index in [1.807, 2.05) is 30.0 Å². The minimum Gasteiger partial charge on any atom is -0.486 e. The molecule has 3 heterocycles. The second-order valence-corrected chi connectivity index (χ2v) is 6.81. The van der Waals surface area contributed by atoms with Gasteiger partial charge in [0.15, 0.2) is 11.5 Å². The zero-order chi connectivity index (χ0) is 16.5. The molecule has 0 aliphatic carbocycles. The van der Waals surface area contributed by atoms with E-state index < -0.39 is 0 Å². The number of hydrogen-bond donors (Lipinski definition) is 0. The van der Waals surface area contributed by atoms with Crippen molar-refractivity contribution in [1.82, 2.24) is 14.9 Å². The van der Waals surface area contributed by atoms with Gasteiger partial charge in [-0.05, 0) is 24.6 Å². The monoisotopic (exact) mass is 343 g/mol. The van der Waals surface area contributed by atoms with Crippen molar-refractivity contribution >= 4 is 17.7 Å². The zero-order valence-corrected chi connectivity index (χ0v) is 14.1. The van der Waals surface area contributed by atoms with Crippen LogP contribution in [0, 0.1) is 6.92 Å². The van der Waals surface area contributed by atoms with Crippen molar-refractivity contribution in [2.24, 2.45) is 0 Å². The molecule has 1 amide bonds. The van der Waals surface area contributed by atoms with Crippen LogP contribution in [0.2, 0.25) is 0 Å². The second kappa shape index (κ2) is 6.32. The van der Waals surface area contributed by atoms with Crippen molar-refractivity contribution in [2.75, 3.05) is 19.0 Å². The Hall–Kier alpha value is -2.28. The minimum absolute atomic E-state index is 0.0450. The minimum atomic E-state index is -0.0450. The summed E-state index contributed by atoms with van der Waals surface area (Å²) in [6, 6.07) is 5.88. The maximum Gasteiger partial charge on any atom is 0.234 e. The topological polar surface area (TPSA) is 64.6 Å². The first-order chi connectivity index (χ1) is 11.7. The molecule has 124 valence electrons. The summed E-state index contributed by atoms with van der Waals surface area (Å²) < 4.78 is 11.2. The van der Waals surface area contributed by atoms with Crippen LogP contribution >= 0.6 is 11.8 Å². The van der Waals surface area contributed by atoms with E-state index in [0.717, 1.165) is 28.5 Å². The van der Waals surface area contributed by atoms with Gasteiger partial charge in [-0.1, -0.05) is 6.07 Å². The van der Waals surface area contributed by atoms with Crippen molar-refractivity contribution in [3.8, 4) is 11.5 Å². The molecule has 0 N–H and O–H groups in total. The third-order valence-electron chi connectivity index (χ3n) is 3.99. The number of benzene rings is 1. The zero-order valence-electron chi connectivity index (χ0n) is 13.3.